The Balaban J connectivity index is 2.18. The number of nitrogens with zero attached hydrogens (tertiary/aromatic N) is 1. The van der Waals surface area contributed by atoms with Crippen molar-refractivity contribution in [2.45, 2.75) is 6.92 Å². The normalized spacial score (nSPS) is 10.8. The highest BCUT2D eigenvalue weighted by Crippen LogP contribution is 2.36. The van der Waals surface area contributed by atoms with Crippen LogP contribution in [0.15, 0.2) is 60.7 Å². The molecule has 3 aromatic rings. The highest BCUT2D eigenvalue weighted by atomic mass is 35.5. The monoisotopic (exact) mass is 296 g/mol. The lowest BCUT2D eigenvalue weighted by atomic mass is 10.1. The van der Waals surface area contributed by atoms with E-state index in [4.69, 9.17) is 17.3 Å². The minimum absolute atomic E-state index is 0.671. The molecule has 3 aromatic carbocycles. The molecule has 2 nitrogen and oxygen atoms in total. The SMILES string of the molecule is CCN(c1ccc(N)cc1Cl)c1cccc2ccccc12. The standard InChI is InChI=1S/C18H17ClN2/c1-2-21(18-11-10-14(20)12-16(18)19)17-9-5-7-13-6-3-4-8-15(13)17/h3-12H,2,20H2,1H3. The molecule has 0 saturated carbocycles. The molecule has 0 heterocycles. The molecule has 0 spiro atoms. The summed E-state index contributed by atoms with van der Waals surface area (Å²) in [5.74, 6) is 0. The Kier molecular flexibility index (Phi) is 3.72. The fourth-order valence-electron chi connectivity index (χ4n) is 2.66. The van der Waals surface area contributed by atoms with Gasteiger partial charge in [-0.1, -0.05) is 48.0 Å². The van der Waals surface area contributed by atoms with Gasteiger partial charge in [0, 0.05) is 23.3 Å². The summed E-state index contributed by atoms with van der Waals surface area (Å²) in [7, 11) is 0. The third kappa shape index (κ3) is 2.55. The molecule has 0 amide bonds. The second kappa shape index (κ2) is 5.66. The average molecular weight is 297 g/mol. The molecule has 0 atom stereocenters. The van der Waals surface area contributed by atoms with E-state index in [1.807, 2.05) is 12.1 Å². The number of nitrogens with two attached hydrogens (primary N) is 1. The van der Waals surface area contributed by atoms with Gasteiger partial charge in [-0.15, -0.1) is 0 Å². The lowest BCUT2D eigenvalue weighted by molar-refractivity contribution is 1.03. The Morgan fingerprint density at radius 3 is 2.48 bits per heavy atom. The molecule has 0 unspecified atom stereocenters. The third-order valence-electron chi connectivity index (χ3n) is 3.64. The van der Waals surface area contributed by atoms with E-state index in [-0.39, 0.29) is 0 Å². The van der Waals surface area contributed by atoms with Gasteiger partial charge in [0.1, 0.15) is 0 Å². The molecule has 0 bridgehead atoms. The number of anilines is 3. The largest absolute Gasteiger partial charge is 0.399 e. The van der Waals surface area contributed by atoms with Crippen LogP contribution in [0.2, 0.25) is 5.02 Å². The predicted molar refractivity (Wildman–Crippen MR) is 92.5 cm³/mol. The van der Waals surface area contributed by atoms with Crippen LogP contribution in [0.5, 0.6) is 0 Å². The molecule has 0 saturated heterocycles. The van der Waals surface area contributed by atoms with E-state index >= 15 is 0 Å². The van der Waals surface area contributed by atoms with Crippen LogP contribution in [0.4, 0.5) is 17.1 Å². The van der Waals surface area contributed by atoms with Gasteiger partial charge in [0.15, 0.2) is 0 Å². The van der Waals surface area contributed by atoms with Crippen molar-refractivity contribution >= 4 is 39.4 Å². The zero-order valence-electron chi connectivity index (χ0n) is 11.9. The maximum atomic E-state index is 6.38. The molecule has 106 valence electrons. The molecular formula is C18H17ClN2. The summed E-state index contributed by atoms with van der Waals surface area (Å²) in [6.45, 7) is 2.95. The third-order valence-corrected chi connectivity index (χ3v) is 3.94. The summed E-state index contributed by atoms with van der Waals surface area (Å²) in [6.07, 6.45) is 0. The maximum Gasteiger partial charge on any atom is 0.0663 e. The molecule has 0 aliphatic carbocycles. The van der Waals surface area contributed by atoms with Crippen LogP contribution in [0.1, 0.15) is 6.92 Å². The maximum absolute atomic E-state index is 6.38. The summed E-state index contributed by atoms with van der Waals surface area (Å²) in [6, 6.07) is 20.3. The van der Waals surface area contributed by atoms with Gasteiger partial charge >= 0.3 is 0 Å². The summed E-state index contributed by atoms with van der Waals surface area (Å²) >= 11 is 6.38. The van der Waals surface area contributed by atoms with Crippen LogP contribution >= 0.6 is 11.6 Å². The van der Waals surface area contributed by atoms with Gasteiger partial charge in [-0.05, 0) is 36.6 Å². The van der Waals surface area contributed by atoms with E-state index in [2.05, 4.69) is 54.3 Å². The Morgan fingerprint density at radius 2 is 1.71 bits per heavy atom. The number of fused-ring (bicyclic) bond motifs is 1. The van der Waals surface area contributed by atoms with Crippen LogP contribution in [0.25, 0.3) is 10.8 Å². The molecular weight excluding hydrogens is 280 g/mol. The van der Waals surface area contributed by atoms with Crippen molar-refractivity contribution in [2.75, 3.05) is 17.2 Å². The van der Waals surface area contributed by atoms with Crippen molar-refractivity contribution in [3.05, 3.63) is 65.7 Å². The van der Waals surface area contributed by atoms with E-state index in [0.29, 0.717) is 10.7 Å². The van der Waals surface area contributed by atoms with Crippen molar-refractivity contribution in [2.24, 2.45) is 0 Å². The van der Waals surface area contributed by atoms with Crippen LogP contribution in [0.3, 0.4) is 0 Å². The minimum atomic E-state index is 0.671. The zero-order valence-corrected chi connectivity index (χ0v) is 12.6. The summed E-state index contributed by atoms with van der Waals surface area (Å²) in [5.41, 5.74) is 8.61. The molecule has 3 heteroatoms. The number of hydrogen-bond donors (Lipinski definition) is 1. The van der Waals surface area contributed by atoms with Gasteiger partial charge in [-0.2, -0.15) is 0 Å². The van der Waals surface area contributed by atoms with Gasteiger partial charge in [-0.3, -0.25) is 0 Å². The second-order valence-corrected chi connectivity index (χ2v) is 5.36. The van der Waals surface area contributed by atoms with Crippen molar-refractivity contribution in [1.82, 2.24) is 0 Å². The molecule has 0 fully saturated rings. The van der Waals surface area contributed by atoms with Crippen molar-refractivity contribution < 1.29 is 0 Å². The van der Waals surface area contributed by atoms with E-state index < -0.39 is 0 Å². The number of benzene rings is 3. The van der Waals surface area contributed by atoms with Crippen molar-refractivity contribution in [1.29, 1.82) is 0 Å². The molecule has 3 rings (SSSR count). The number of hydrogen-bond acceptors (Lipinski definition) is 2. The molecule has 21 heavy (non-hydrogen) atoms. The minimum Gasteiger partial charge on any atom is -0.399 e. The Bertz CT molecular complexity index is 778. The Labute approximate surface area is 129 Å². The highest BCUT2D eigenvalue weighted by Gasteiger charge is 2.13. The topological polar surface area (TPSA) is 29.3 Å². The van der Waals surface area contributed by atoms with Crippen LogP contribution in [-0.4, -0.2) is 6.54 Å². The van der Waals surface area contributed by atoms with Crippen LogP contribution in [-0.2, 0) is 0 Å². The average Bonchev–Trinajstić information content (AvgIpc) is 2.50. The van der Waals surface area contributed by atoms with Gasteiger partial charge < -0.3 is 10.6 Å². The summed E-state index contributed by atoms with van der Waals surface area (Å²) in [5, 5.41) is 3.11. The van der Waals surface area contributed by atoms with Gasteiger partial charge in [0.2, 0.25) is 0 Å². The van der Waals surface area contributed by atoms with Gasteiger partial charge in [-0.25, -0.2) is 0 Å². The van der Waals surface area contributed by atoms with E-state index in [1.54, 1.807) is 6.07 Å². The Hall–Kier alpha value is -2.19. The van der Waals surface area contributed by atoms with E-state index in [1.165, 1.54) is 10.8 Å². The lowest BCUT2D eigenvalue weighted by Gasteiger charge is -2.26. The summed E-state index contributed by atoms with van der Waals surface area (Å²) < 4.78 is 0. The van der Waals surface area contributed by atoms with E-state index in [0.717, 1.165) is 17.9 Å². The molecule has 0 aromatic heterocycles. The van der Waals surface area contributed by atoms with E-state index in [9.17, 15) is 0 Å². The quantitative estimate of drug-likeness (QED) is 0.670. The highest BCUT2D eigenvalue weighted by molar-refractivity contribution is 6.33. The van der Waals surface area contributed by atoms with Gasteiger partial charge in [0.25, 0.3) is 0 Å². The van der Waals surface area contributed by atoms with Crippen molar-refractivity contribution in [3.63, 3.8) is 0 Å². The van der Waals surface area contributed by atoms with Crippen LogP contribution < -0.4 is 10.6 Å². The van der Waals surface area contributed by atoms with Crippen LogP contribution in [0, 0.1) is 0 Å². The second-order valence-electron chi connectivity index (χ2n) is 4.95. The number of halogens is 1. The first-order valence-corrected chi connectivity index (χ1v) is 7.39. The number of nitrogen functional groups attached to an aromatic ring is 1. The molecule has 0 aliphatic heterocycles. The summed E-state index contributed by atoms with van der Waals surface area (Å²) in [4.78, 5) is 2.21. The Morgan fingerprint density at radius 1 is 0.952 bits per heavy atom. The fourth-order valence-corrected chi connectivity index (χ4v) is 2.95. The predicted octanol–water partition coefficient (Wildman–Crippen LogP) is 5.23. The smallest absolute Gasteiger partial charge is 0.0663 e. The molecule has 0 radical (unpaired) electrons. The fraction of sp³-hybridized carbons (Fsp3) is 0.111. The number of rotatable bonds is 3. The van der Waals surface area contributed by atoms with Gasteiger partial charge in [0.05, 0.1) is 10.7 Å². The van der Waals surface area contributed by atoms with Crippen molar-refractivity contribution in [3.8, 4) is 0 Å². The first-order chi connectivity index (χ1) is 10.2. The first-order valence-electron chi connectivity index (χ1n) is 7.01. The first kappa shape index (κ1) is 13.8. The molecule has 0 aliphatic rings. The zero-order chi connectivity index (χ0) is 14.8. The lowest BCUT2D eigenvalue weighted by Crippen LogP contribution is -2.16. The molecule has 2 N–H and O–H groups in total.